The molecule has 2 fully saturated rings. The van der Waals surface area contributed by atoms with E-state index in [-0.39, 0.29) is 11.6 Å². The summed E-state index contributed by atoms with van der Waals surface area (Å²) in [5.41, 5.74) is 6.97. The highest BCUT2D eigenvalue weighted by molar-refractivity contribution is 5.26. The molecule has 1 aromatic rings. The van der Waals surface area contributed by atoms with Gasteiger partial charge < -0.3 is 5.73 Å². The predicted octanol–water partition coefficient (Wildman–Crippen LogP) is 3.37. The van der Waals surface area contributed by atoms with E-state index in [9.17, 15) is 8.78 Å². The summed E-state index contributed by atoms with van der Waals surface area (Å²) < 4.78 is 26.9. The fourth-order valence-electron chi connectivity index (χ4n) is 4.04. The monoisotopic (exact) mass is 280 g/mol. The third-order valence-electron chi connectivity index (χ3n) is 5.03. The van der Waals surface area contributed by atoms with Crippen LogP contribution in [0.4, 0.5) is 8.78 Å². The van der Waals surface area contributed by atoms with E-state index >= 15 is 0 Å². The van der Waals surface area contributed by atoms with Gasteiger partial charge >= 0.3 is 0 Å². The lowest BCUT2D eigenvalue weighted by molar-refractivity contribution is 0.0919. The molecule has 1 saturated carbocycles. The van der Waals surface area contributed by atoms with E-state index in [1.807, 2.05) is 0 Å². The number of benzene rings is 1. The van der Waals surface area contributed by atoms with Crippen LogP contribution in [0.1, 0.15) is 50.1 Å². The van der Waals surface area contributed by atoms with Gasteiger partial charge in [-0.05, 0) is 56.5 Å². The Morgan fingerprint density at radius 2 is 1.50 bits per heavy atom. The Kier molecular flexibility index (Phi) is 3.78. The van der Waals surface area contributed by atoms with Crippen molar-refractivity contribution < 1.29 is 8.78 Å². The van der Waals surface area contributed by atoms with Gasteiger partial charge in [0, 0.05) is 17.6 Å². The molecule has 1 aliphatic heterocycles. The molecule has 3 rings (SSSR count). The van der Waals surface area contributed by atoms with Crippen LogP contribution in [0.15, 0.2) is 18.2 Å². The molecule has 2 N–H and O–H groups in total. The molecular formula is C16H22F2N2. The van der Waals surface area contributed by atoms with Crippen LogP contribution in [0.3, 0.4) is 0 Å². The van der Waals surface area contributed by atoms with Crippen LogP contribution in [0.25, 0.3) is 0 Å². The van der Waals surface area contributed by atoms with Crippen molar-refractivity contribution in [3.05, 3.63) is 35.4 Å². The standard InChI is InChI=1S/C16H22F2N2/c17-13-9-12(10-14(18)11-13)15(19)16(5-1-2-6-16)20-7-3-4-8-20/h9-11,15H,1-8,19H2. The van der Waals surface area contributed by atoms with Gasteiger partial charge in [0.15, 0.2) is 0 Å². The first-order valence-electron chi connectivity index (χ1n) is 7.58. The van der Waals surface area contributed by atoms with Crippen molar-refractivity contribution in [2.24, 2.45) is 5.73 Å². The predicted molar refractivity (Wildman–Crippen MR) is 75.3 cm³/mol. The number of nitrogens with two attached hydrogens (primary N) is 1. The molecule has 110 valence electrons. The Balaban J connectivity index is 1.94. The Hall–Kier alpha value is -1.00. The summed E-state index contributed by atoms with van der Waals surface area (Å²) in [4.78, 5) is 2.47. The first kappa shape index (κ1) is 14.0. The van der Waals surface area contributed by atoms with Gasteiger partial charge in [0.05, 0.1) is 0 Å². The molecule has 2 nitrogen and oxygen atoms in total. The lowest BCUT2D eigenvalue weighted by Gasteiger charge is -2.43. The molecule has 1 atom stereocenters. The zero-order valence-corrected chi connectivity index (χ0v) is 11.7. The molecule has 0 spiro atoms. The minimum Gasteiger partial charge on any atom is -0.322 e. The SMILES string of the molecule is NC(c1cc(F)cc(F)c1)C1(N2CCCC2)CCCC1. The molecule has 4 heteroatoms. The minimum atomic E-state index is -0.537. The Bertz CT molecular complexity index is 457. The van der Waals surface area contributed by atoms with Crippen molar-refractivity contribution >= 4 is 0 Å². The van der Waals surface area contributed by atoms with Crippen LogP contribution in [-0.4, -0.2) is 23.5 Å². The van der Waals surface area contributed by atoms with Gasteiger partial charge in [0.2, 0.25) is 0 Å². The Morgan fingerprint density at radius 1 is 0.950 bits per heavy atom. The molecule has 0 radical (unpaired) electrons. The molecular weight excluding hydrogens is 258 g/mol. The maximum Gasteiger partial charge on any atom is 0.126 e. The largest absolute Gasteiger partial charge is 0.322 e. The molecule has 1 heterocycles. The lowest BCUT2D eigenvalue weighted by Crippen LogP contribution is -2.52. The van der Waals surface area contributed by atoms with Gasteiger partial charge in [-0.1, -0.05) is 12.8 Å². The highest BCUT2D eigenvalue weighted by atomic mass is 19.1. The molecule has 2 aliphatic rings. The fraction of sp³-hybridized carbons (Fsp3) is 0.625. The quantitative estimate of drug-likeness (QED) is 0.919. The van der Waals surface area contributed by atoms with Gasteiger partial charge in [-0.3, -0.25) is 4.90 Å². The van der Waals surface area contributed by atoms with Crippen LogP contribution in [-0.2, 0) is 0 Å². The minimum absolute atomic E-state index is 0.100. The first-order chi connectivity index (χ1) is 9.62. The summed E-state index contributed by atoms with van der Waals surface area (Å²) in [7, 11) is 0. The number of rotatable bonds is 3. The number of hydrogen-bond acceptors (Lipinski definition) is 2. The van der Waals surface area contributed by atoms with Crippen LogP contribution >= 0.6 is 0 Å². The Morgan fingerprint density at radius 3 is 2.05 bits per heavy atom. The van der Waals surface area contributed by atoms with Crippen molar-refractivity contribution in [3.63, 3.8) is 0 Å². The zero-order valence-electron chi connectivity index (χ0n) is 11.7. The van der Waals surface area contributed by atoms with E-state index in [1.165, 1.54) is 25.0 Å². The second-order valence-corrected chi connectivity index (χ2v) is 6.19. The number of likely N-dealkylation sites (tertiary alicyclic amines) is 1. The van der Waals surface area contributed by atoms with Crippen molar-refractivity contribution in [1.29, 1.82) is 0 Å². The third-order valence-corrected chi connectivity index (χ3v) is 5.03. The highest BCUT2D eigenvalue weighted by Gasteiger charge is 2.45. The van der Waals surface area contributed by atoms with Crippen LogP contribution in [0.5, 0.6) is 0 Å². The van der Waals surface area contributed by atoms with E-state index in [2.05, 4.69) is 4.90 Å². The number of nitrogens with zero attached hydrogens (tertiary/aromatic N) is 1. The molecule has 1 saturated heterocycles. The average Bonchev–Trinajstić information content (AvgIpc) is 3.08. The molecule has 20 heavy (non-hydrogen) atoms. The van der Waals surface area contributed by atoms with E-state index in [4.69, 9.17) is 5.73 Å². The van der Waals surface area contributed by atoms with Gasteiger partial charge in [0.25, 0.3) is 0 Å². The summed E-state index contributed by atoms with van der Waals surface area (Å²) in [5, 5.41) is 0. The molecule has 0 amide bonds. The zero-order chi connectivity index (χ0) is 14.2. The van der Waals surface area contributed by atoms with Gasteiger partial charge in [0.1, 0.15) is 11.6 Å². The van der Waals surface area contributed by atoms with Gasteiger partial charge in [-0.15, -0.1) is 0 Å². The summed E-state index contributed by atoms with van der Waals surface area (Å²) in [6.45, 7) is 2.12. The van der Waals surface area contributed by atoms with Crippen LogP contribution in [0, 0.1) is 11.6 Å². The lowest BCUT2D eigenvalue weighted by atomic mass is 9.82. The van der Waals surface area contributed by atoms with Crippen molar-refractivity contribution in [1.82, 2.24) is 4.90 Å². The van der Waals surface area contributed by atoms with E-state index < -0.39 is 11.6 Å². The summed E-state index contributed by atoms with van der Waals surface area (Å²) in [5.74, 6) is -1.07. The van der Waals surface area contributed by atoms with Crippen molar-refractivity contribution in [3.8, 4) is 0 Å². The smallest absolute Gasteiger partial charge is 0.126 e. The second kappa shape index (κ2) is 5.41. The topological polar surface area (TPSA) is 29.3 Å². The van der Waals surface area contributed by atoms with Crippen molar-refractivity contribution in [2.75, 3.05) is 13.1 Å². The molecule has 0 bridgehead atoms. The normalized spacial score (nSPS) is 24.1. The van der Waals surface area contributed by atoms with E-state index in [0.29, 0.717) is 5.56 Å². The van der Waals surface area contributed by atoms with Gasteiger partial charge in [-0.25, -0.2) is 8.78 Å². The maximum absolute atomic E-state index is 13.5. The first-order valence-corrected chi connectivity index (χ1v) is 7.58. The average molecular weight is 280 g/mol. The van der Waals surface area contributed by atoms with Crippen LogP contribution in [0.2, 0.25) is 0 Å². The summed E-state index contributed by atoms with van der Waals surface area (Å²) in [6.07, 6.45) is 6.78. The Labute approximate surface area is 118 Å². The maximum atomic E-state index is 13.5. The molecule has 1 aromatic carbocycles. The number of halogens is 2. The highest BCUT2D eigenvalue weighted by Crippen LogP contribution is 2.44. The van der Waals surface area contributed by atoms with Gasteiger partial charge in [-0.2, -0.15) is 0 Å². The summed E-state index contributed by atoms with van der Waals surface area (Å²) >= 11 is 0. The van der Waals surface area contributed by atoms with Crippen molar-refractivity contribution in [2.45, 2.75) is 50.1 Å². The second-order valence-electron chi connectivity index (χ2n) is 6.19. The fourth-order valence-corrected chi connectivity index (χ4v) is 4.04. The third kappa shape index (κ3) is 2.35. The summed E-state index contributed by atoms with van der Waals surface area (Å²) in [6, 6.07) is 3.38. The van der Waals surface area contributed by atoms with E-state index in [1.54, 1.807) is 0 Å². The molecule has 1 unspecified atom stereocenters. The van der Waals surface area contributed by atoms with E-state index in [0.717, 1.165) is 44.8 Å². The molecule has 0 aromatic heterocycles. The molecule has 1 aliphatic carbocycles. The van der Waals surface area contributed by atoms with Crippen LogP contribution < -0.4 is 5.73 Å². The number of hydrogen-bond donors (Lipinski definition) is 1.